The summed E-state index contributed by atoms with van der Waals surface area (Å²) in [6.45, 7) is 1.83. The number of nitriles is 1. The summed E-state index contributed by atoms with van der Waals surface area (Å²) in [7, 11) is 0. The number of amides is 2. The Morgan fingerprint density at radius 3 is 2.29 bits per heavy atom. The molecule has 1 aromatic heterocycles. The fourth-order valence-corrected chi connectivity index (χ4v) is 4.21. The highest BCUT2D eigenvalue weighted by Crippen LogP contribution is 2.37. The van der Waals surface area contributed by atoms with Crippen LogP contribution in [0.1, 0.15) is 33.5 Å². The average Bonchev–Trinajstić information content (AvgIpc) is 2.92. The fourth-order valence-electron chi connectivity index (χ4n) is 4.21. The number of benzene rings is 3. The largest absolute Gasteiger partial charge is 0.416 e. The SMILES string of the molecule is Cc1ccnc(C(Cc2ccccc2)(NC(=O)N(N)c2ccc(C#N)cc2)c2cccc(C(F)(F)F)c2)c1. The van der Waals surface area contributed by atoms with Crippen molar-refractivity contribution in [1.29, 1.82) is 5.26 Å². The van der Waals surface area contributed by atoms with Crippen molar-refractivity contribution in [3.05, 3.63) is 131 Å². The van der Waals surface area contributed by atoms with Crippen LogP contribution in [0.3, 0.4) is 0 Å². The van der Waals surface area contributed by atoms with Gasteiger partial charge in [-0.25, -0.2) is 15.6 Å². The van der Waals surface area contributed by atoms with Crippen LogP contribution in [0.15, 0.2) is 97.2 Å². The maximum Gasteiger partial charge on any atom is 0.416 e. The zero-order valence-electron chi connectivity index (χ0n) is 20.4. The van der Waals surface area contributed by atoms with E-state index in [0.717, 1.165) is 28.3 Å². The van der Waals surface area contributed by atoms with Crippen LogP contribution in [0.25, 0.3) is 0 Å². The van der Waals surface area contributed by atoms with Crippen molar-refractivity contribution in [2.24, 2.45) is 5.84 Å². The van der Waals surface area contributed by atoms with Crippen LogP contribution in [0, 0.1) is 18.3 Å². The summed E-state index contributed by atoms with van der Waals surface area (Å²) in [6.07, 6.45) is -2.95. The molecule has 3 N–H and O–H groups in total. The number of alkyl halides is 3. The molecule has 4 rings (SSSR count). The Labute approximate surface area is 218 Å². The molecule has 6 nitrogen and oxygen atoms in total. The summed E-state index contributed by atoms with van der Waals surface area (Å²) >= 11 is 0. The first-order valence-corrected chi connectivity index (χ1v) is 11.6. The number of aryl methyl sites for hydroxylation is 1. The first kappa shape index (κ1) is 26.4. The number of hydrogen-bond acceptors (Lipinski definition) is 4. The highest BCUT2D eigenvalue weighted by molar-refractivity contribution is 5.91. The number of urea groups is 1. The van der Waals surface area contributed by atoms with Crippen LogP contribution < -0.4 is 16.2 Å². The van der Waals surface area contributed by atoms with Crippen LogP contribution in [-0.4, -0.2) is 11.0 Å². The van der Waals surface area contributed by atoms with E-state index in [2.05, 4.69) is 10.3 Å². The minimum Gasteiger partial charge on any atom is -0.321 e. The van der Waals surface area contributed by atoms with Gasteiger partial charge in [0.05, 0.1) is 28.6 Å². The van der Waals surface area contributed by atoms with Crippen LogP contribution in [0.4, 0.5) is 23.7 Å². The lowest BCUT2D eigenvalue weighted by Crippen LogP contribution is -2.55. The monoisotopic (exact) mass is 515 g/mol. The molecule has 38 heavy (non-hydrogen) atoms. The van der Waals surface area contributed by atoms with Crippen molar-refractivity contribution < 1.29 is 18.0 Å². The molecule has 0 aliphatic rings. The number of carbonyl (C=O) groups excluding carboxylic acids is 1. The Kier molecular flexibility index (Phi) is 7.46. The van der Waals surface area contributed by atoms with Crippen LogP contribution in [0.2, 0.25) is 0 Å². The third-order valence-corrected chi connectivity index (χ3v) is 6.16. The van der Waals surface area contributed by atoms with E-state index in [4.69, 9.17) is 11.1 Å². The Hall–Kier alpha value is -4.68. The smallest absolute Gasteiger partial charge is 0.321 e. The maximum atomic E-state index is 13.8. The van der Waals surface area contributed by atoms with E-state index in [1.165, 1.54) is 36.4 Å². The van der Waals surface area contributed by atoms with Gasteiger partial charge < -0.3 is 5.32 Å². The highest BCUT2D eigenvalue weighted by Gasteiger charge is 2.41. The number of halogens is 3. The standard InChI is InChI=1S/C29H24F3N5O/c1-20-14-15-35-26(16-20)28(18-21-6-3-2-4-7-21,23-8-5-9-24(17-23)29(30,31)32)36-27(38)37(34)25-12-10-22(19-33)11-13-25/h2-17H,18,34H2,1H3,(H,36,38). The zero-order valence-corrected chi connectivity index (χ0v) is 20.4. The van der Waals surface area contributed by atoms with Gasteiger partial charge in [-0.15, -0.1) is 0 Å². The maximum absolute atomic E-state index is 13.8. The molecular weight excluding hydrogens is 491 g/mol. The van der Waals surface area contributed by atoms with E-state index in [9.17, 15) is 18.0 Å². The summed E-state index contributed by atoms with van der Waals surface area (Å²) < 4.78 is 41.3. The van der Waals surface area contributed by atoms with Crippen molar-refractivity contribution in [3.8, 4) is 6.07 Å². The van der Waals surface area contributed by atoms with E-state index >= 15 is 0 Å². The van der Waals surface area contributed by atoms with Crippen molar-refractivity contribution in [2.75, 3.05) is 5.01 Å². The lowest BCUT2D eigenvalue weighted by atomic mass is 9.79. The van der Waals surface area contributed by atoms with Gasteiger partial charge in [-0.05, 0) is 72.1 Å². The van der Waals surface area contributed by atoms with Gasteiger partial charge in [0.15, 0.2) is 0 Å². The first-order chi connectivity index (χ1) is 18.1. The van der Waals surface area contributed by atoms with Crippen LogP contribution >= 0.6 is 0 Å². The number of aromatic nitrogens is 1. The van der Waals surface area contributed by atoms with Crippen molar-refractivity contribution in [2.45, 2.75) is 25.1 Å². The number of nitrogens with two attached hydrogens (primary N) is 1. The van der Waals surface area contributed by atoms with Crippen molar-refractivity contribution >= 4 is 11.7 Å². The second-order valence-corrected chi connectivity index (χ2v) is 8.82. The normalized spacial score (nSPS) is 12.7. The number of nitrogens with zero attached hydrogens (tertiary/aromatic N) is 3. The molecule has 1 atom stereocenters. The van der Waals surface area contributed by atoms with Crippen LogP contribution in [-0.2, 0) is 18.1 Å². The van der Waals surface area contributed by atoms with Crippen LogP contribution in [0.5, 0.6) is 0 Å². The minimum absolute atomic E-state index is 0.0958. The van der Waals surface area contributed by atoms with Gasteiger partial charge in [-0.3, -0.25) is 4.98 Å². The Morgan fingerprint density at radius 2 is 1.66 bits per heavy atom. The molecule has 0 fully saturated rings. The summed E-state index contributed by atoms with van der Waals surface area (Å²) in [5, 5.41) is 12.8. The molecule has 2 amide bonds. The first-order valence-electron chi connectivity index (χ1n) is 11.6. The molecule has 0 aliphatic carbocycles. The number of anilines is 1. The lowest BCUT2D eigenvalue weighted by Gasteiger charge is -2.37. The van der Waals surface area contributed by atoms with E-state index in [-0.39, 0.29) is 17.7 Å². The van der Waals surface area contributed by atoms with E-state index in [1.54, 1.807) is 18.3 Å². The second-order valence-electron chi connectivity index (χ2n) is 8.82. The Balaban J connectivity index is 1.89. The highest BCUT2D eigenvalue weighted by atomic mass is 19.4. The van der Waals surface area contributed by atoms with Crippen molar-refractivity contribution in [3.63, 3.8) is 0 Å². The zero-order chi connectivity index (χ0) is 27.3. The summed E-state index contributed by atoms with van der Waals surface area (Å²) in [6, 6.07) is 24.7. The molecule has 0 saturated carbocycles. The molecule has 0 saturated heterocycles. The fraction of sp³-hybridized carbons (Fsp3) is 0.138. The molecule has 0 radical (unpaired) electrons. The molecule has 9 heteroatoms. The van der Waals surface area contributed by atoms with Gasteiger partial charge in [0.1, 0.15) is 5.54 Å². The number of carbonyl (C=O) groups is 1. The van der Waals surface area contributed by atoms with Gasteiger partial charge in [-0.1, -0.05) is 42.5 Å². The molecule has 4 aromatic rings. The number of hydrazine groups is 1. The Bertz CT molecular complexity index is 1470. The quantitative estimate of drug-likeness (QED) is 0.191. The minimum atomic E-state index is -4.60. The summed E-state index contributed by atoms with van der Waals surface area (Å²) in [5.41, 5.74) is 0.408. The molecule has 0 bridgehead atoms. The molecular formula is C29H24F3N5O. The topological polar surface area (TPSA) is 95.0 Å². The van der Waals surface area contributed by atoms with Gasteiger partial charge in [-0.2, -0.15) is 18.4 Å². The Morgan fingerprint density at radius 1 is 0.974 bits per heavy atom. The molecule has 3 aromatic carbocycles. The predicted octanol–water partition coefficient (Wildman–Crippen LogP) is 5.86. The lowest BCUT2D eigenvalue weighted by molar-refractivity contribution is -0.137. The molecule has 0 spiro atoms. The predicted molar refractivity (Wildman–Crippen MR) is 138 cm³/mol. The number of hydrogen-bond donors (Lipinski definition) is 2. The molecule has 1 unspecified atom stereocenters. The number of nitrogens with one attached hydrogen (secondary N) is 1. The number of rotatable bonds is 6. The van der Waals surface area contributed by atoms with Gasteiger partial charge in [0.2, 0.25) is 0 Å². The van der Waals surface area contributed by atoms with E-state index in [1.807, 2.05) is 43.3 Å². The molecule has 1 heterocycles. The summed E-state index contributed by atoms with van der Waals surface area (Å²) in [5.74, 6) is 6.15. The second kappa shape index (κ2) is 10.7. The van der Waals surface area contributed by atoms with Gasteiger partial charge >= 0.3 is 12.2 Å². The van der Waals surface area contributed by atoms with Crippen molar-refractivity contribution in [1.82, 2.24) is 10.3 Å². The average molecular weight is 516 g/mol. The summed E-state index contributed by atoms with van der Waals surface area (Å²) in [4.78, 5) is 18.1. The third-order valence-electron chi connectivity index (χ3n) is 6.16. The van der Waals surface area contributed by atoms with E-state index < -0.39 is 23.3 Å². The van der Waals surface area contributed by atoms with E-state index in [0.29, 0.717) is 11.3 Å². The molecule has 192 valence electrons. The third kappa shape index (κ3) is 5.66. The van der Waals surface area contributed by atoms with Gasteiger partial charge in [0, 0.05) is 12.6 Å². The number of pyridine rings is 1. The molecule has 0 aliphatic heterocycles. The van der Waals surface area contributed by atoms with Gasteiger partial charge in [0.25, 0.3) is 0 Å².